The van der Waals surface area contributed by atoms with Crippen molar-refractivity contribution in [2.45, 2.75) is 5.60 Å². The fourth-order valence-corrected chi connectivity index (χ4v) is 5.99. The molecule has 0 fully saturated rings. The Bertz CT molecular complexity index is 1200. The number of benzene rings is 3. The zero-order chi connectivity index (χ0) is 22.7. The van der Waals surface area contributed by atoms with Crippen molar-refractivity contribution in [3.05, 3.63) is 76.5 Å². The van der Waals surface area contributed by atoms with Crippen LogP contribution in [0.1, 0.15) is 27.0 Å². The summed E-state index contributed by atoms with van der Waals surface area (Å²) >= 11 is 13.8. The van der Waals surface area contributed by atoms with Crippen molar-refractivity contribution in [1.29, 1.82) is 0 Å². The van der Waals surface area contributed by atoms with Crippen molar-refractivity contribution >= 4 is 81.1 Å². The number of hydrogen-bond acceptors (Lipinski definition) is 6. The molecular weight excluding hydrogens is 664 g/mol. The van der Waals surface area contributed by atoms with Crippen LogP contribution in [0.3, 0.4) is 0 Å². The smallest absolute Gasteiger partial charge is 0.338 e. The molecule has 3 aromatic carbocycles. The summed E-state index contributed by atoms with van der Waals surface area (Å²) in [6.45, 7) is 0. The highest BCUT2D eigenvalue weighted by Gasteiger charge is 2.47. The standard InChI is InChI=1S/C21H14Br4N2O4/c1-30-20(28)8-4-2-3-5-9(8)21(29)10-6-12(22)16(26)14(24)18(10)31-19-11(21)7-13(23)17(27)15(19)25/h2-7,29H,26-27H2,1H3. The van der Waals surface area contributed by atoms with Gasteiger partial charge in [0.05, 0.1) is 33.0 Å². The molecule has 1 heterocycles. The summed E-state index contributed by atoms with van der Waals surface area (Å²) in [5.74, 6) is 0.0244. The molecule has 3 aromatic rings. The van der Waals surface area contributed by atoms with Crippen LogP contribution in [0.5, 0.6) is 11.5 Å². The van der Waals surface area contributed by atoms with Crippen LogP contribution in [-0.2, 0) is 10.3 Å². The maximum absolute atomic E-state index is 12.6. The van der Waals surface area contributed by atoms with E-state index < -0.39 is 11.6 Å². The highest BCUT2D eigenvalue weighted by Crippen LogP contribution is 2.58. The van der Waals surface area contributed by atoms with Gasteiger partial charge >= 0.3 is 5.97 Å². The second kappa shape index (κ2) is 8.08. The molecule has 0 aromatic heterocycles. The van der Waals surface area contributed by atoms with E-state index in [0.717, 1.165) is 0 Å². The van der Waals surface area contributed by atoms with Gasteiger partial charge in [-0.1, -0.05) is 18.2 Å². The van der Waals surface area contributed by atoms with E-state index in [4.69, 9.17) is 20.9 Å². The molecule has 6 nitrogen and oxygen atoms in total. The Balaban J connectivity index is 2.19. The molecule has 0 saturated heterocycles. The van der Waals surface area contributed by atoms with Crippen LogP contribution in [0.15, 0.2) is 54.3 Å². The Morgan fingerprint density at radius 2 is 1.42 bits per heavy atom. The van der Waals surface area contributed by atoms with Crippen molar-refractivity contribution in [2.75, 3.05) is 18.6 Å². The number of carbonyl (C=O) groups is 1. The first-order chi connectivity index (χ1) is 14.6. The molecule has 10 heteroatoms. The van der Waals surface area contributed by atoms with Crippen LogP contribution in [0.4, 0.5) is 11.4 Å². The van der Waals surface area contributed by atoms with E-state index >= 15 is 0 Å². The third-order valence-corrected chi connectivity index (χ3v) is 8.01. The second-order valence-electron chi connectivity index (χ2n) is 6.78. The Labute approximate surface area is 211 Å². The van der Waals surface area contributed by atoms with Crippen LogP contribution in [0, 0.1) is 0 Å². The molecule has 160 valence electrons. The molecule has 0 amide bonds. The first-order valence-electron chi connectivity index (χ1n) is 8.76. The van der Waals surface area contributed by atoms with Gasteiger partial charge in [0.1, 0.15) is 5.60 Å². The number of nitrogen functional groups attached to an aromatic ring is 2. The summed E-state index contributed by atoms with van der Waals surface area (Å²) in [5, 5.41) is 12.4. The minimum atomic E-state index is -1.80. The van der Waals surface area contributed by atoms with Crippen molar-refractivity contribution < 1.29 is 19.4 Å². The number of aliphatic hydroxyl groups is 1. The first kappa shape index (κ1) is 22.6. The topological polar surface area (TPSA) is 108 Å². The Morgan fingerprint density at radius 3 is 1.90 bits per heavy atom. The number of fused-ring (bicyclic) bond motifs is 2. The maximum Gasteiger partial charge on any atom is 0.338 e. The van der Waals surface area contributed by atoms with Crippen LogP contribution in [-0.4, -0.2) is 18.2 Å². The van der Waals surface area contributed by atoms with Crippen LogP contribution in [0.25, 0.3) is 0 Å². The van der Waals surface area contributed by atoms with E-state index in [0.29, 0.717) is 57.5 Å². The van der Waals surface area contributed by atoms with Crippen LogP contribution in [0.2, 0.25) is 0 Å². The predicted molar refractivity (Wildman–Crippen MR) is 132 cm³/mol. The minimum absolute atomic E-state index is 0.208. The normalized spacial score (nSPS) is 13.7. The minimum Gasteiger partial charge on any atom is -0.465 e. The lowest BCUT2D eigenvalue weighted by Gasteiger charge is -2.38. The van der Waals surface area contributed by atoms with E-state index in [-0.39, 0.29) is 5.56 Å². The average Bonchev–Trinajstić information content (AvgIpc) is 2.77. The summed E-state index contributed by atoms with van der Waals surface area (Å²) in [7, 11) is 1.29. The summed E-state index contributed by atoms with van der Waals surface area (Å²) in [6, 6.07) is 10.0. The van der Waals surface area contributed by atoms with Gasteiger partial charge in [-0.05, 0) is 81.9 Å². The van der Waals surface area contributed by atoms with Gasteiger partial charge < -0.3 is 26.0 Å². The lowest BCUT2D eigenvalue weighted by Crippen LogP contribution is -2.35. The number of methoxy groups -OCH3 is 1. The zero-order valence-electron chi connectivity index (χ0n) is 15.8. The highest BCUT2D eigenvalue weighted by atomic mass is 79.9. The molecule has 0 radical (unpaired) electrons. The van der Waals surface area contributed by atoms with E-state index in [1.165, 1.54) is 7.11 Å². The van der Waals surface area contributed by atoms with Gasteiger partial charge in [0.2, 0.25) is 0 Å². The molecule has 1 aliphatic rings. The van der Waals surface area contributed by atoms with Crippen LogP contribution < -0.4 is 16.2 Å². The summed E-state index contributed by atoms with van der Waals surface area (Å²) in [6.07, 6.45) is 0. The average molecular weight is 678 g/mol. The number of anilines is 2. The van der Waals surface area contributed by atoms with Gasteiger partial charge in [0.15, 0.2) is 11.5 Å². The molecule has 0 atom stereocenters. The highest BCUT2D eigenvalue weighted by molar-refractivity contribution is 9.11. The number of ether oxygens (including phenoxy) is 2. The second-order valence-corrected chi connectivity index (χ2v) is 10.1. The molecule has 5 N–H and O–H groups in total. The molecule has 0 saturated carbocycles. The lowest BCUT2D eigenvalue weighted by molar-refractivity contribution is 0.0582. The summed E-state index contributed by atoms with van der Waals surface area (Å²) < 4.78 is 13.1. The number of rotatable bonds is 2. The number of esters is 1. The SMILES string of the molecule is COC(=O)c1ccccc1C1(O)c2cc(Br)c(N)c(Br)c2Oc2c1cc(Br)c(N)c2Br. The fourth-order valence-electron chi connectivity index (χ4n) is 3.59. The largest absolute Gasteiger partial charge is 0.465 e. The molecule has 4 rings (SSSR count). The van der Waals surface area contributed by atoms with E-state index in [2.05, 4.69) is 63.7 Å². The first-order valence-corrected chi connectivity index (χ1v) is 11.9. The van der Waals surface area contributed by atoms with Crippen molar-refractivity contribution in [1.82, 2.24) is 0 Å². The van der Waals surface area contributed by atoms with E-state index in [1.54, 1.807) is 36.4 Å². The molecule has 0 spiro atoms. The van der Waals surface area contributed by atoms with Gasteiger partial charge in [-0.3, -0.25) is 0 Å². The third kappa shape index (κ3) is 3.31. The Kier molecular flexibility index (Phi) is 5.89. The Morgan fingerprint density at radius 1 is 0.935 bits per heavy atom. The molecule has 1 aliphatic heterocycles. The third-order valence-electron chi connectivity index (χ3n) is 5.12. The zero-order valence-corrected chi connectivity index (χ0v) is 22.1. The van der Waals surface area contributed by atoms with Gasteiger partial charge in [-0.25, -0.2) is 4.79 Å². The van der Waals surface area contributed by atoms with Crippen LogP contribution >= 0.6 is 63.7 Å². The molecule has 0 bridgehead atoms. The monoisotopic (exact) mass is 674 g/mol. The molecule has 0 unspecified atom stereocenters. The quantitative estimate of drug-likeness (QED) is 0.224. The van der Waals surface area contributed by atoms with Crippen molar-refractivity contribution in [2.24, 2.45) is 0 Å². The van der Waals surface area contributed by atoms with E-state index in [9.17, 15) is 9.90 Å². The number of hydrogen-bond donors (Lipinski definition) is 3. The van der Waals surface area contributed by atoms with E-state index in [1.807, 2.05) is 0 Å². The summed E-state index contributed by atoms with van der Waals surface area (Å²) in [5.41, 5.74) is 12.6. The number of nitrogens with two attached hydrogens (primary N) is 2. The lowest BCUT2D eigenvalue weighted by atomic mass is 9.76. The number of carbonyl (C=O) groups excluding carboxylic acids is 1. The molecule has 0 aliphatic carbocycles. The fraction of sp³-hybridized carbons (Fsp3) is 0.0952. The maximum atomic E-state index is 12.6. The van der Waals surface area contributed by atoms with Gasteiger partial charge in [0, 0.05) is 25.6 Å². The van der Waals surface area contributed by atoms with Crippen molar-refractivity contribution in [3.8, 4) is 11.5 Å². The molecular formula is C21H14Br4N2O4. The molecule has 31 heavy (non-hydrogen) atoms. The van der Waals surface area contributed by atoms with Gasteiger partial charge in [-0.15, -0.1) is 0 Å². The van der Waals surface area contributed by atoms with Gasteiger partial charge in [-0.2, -0.15) is 0 Å². The summed E-state index contributed by atoms with van der Waals surface area (Å²) in [4.78, 5) is 12.6. The number of halogens is 4. The van der Waals surface area contributed by atoms with Gasteiger partial charge in [0.25, 0.3) is 0 Å². The Hall–Kier alpha value is -1.59. The predicted octanol–water partition coefficient (Wildman–Crippen LogP) is 6.08. The van der Waals surface area contributed by atoms with Crippen molar-refractivity contribution in [3.63, 3.8) is 0 Å².